The van der Waals surface area contributed by atoms with E-state index in [0.717, 1.165) is 0 Å². The number of amides is 1. The second kappa shape index (κ2) is 6.26. The Morgan fingerprint density at radius 1 is 1.47 bits per heavy atom. The van der Waals surface area contributed by atoms with Gasteiger partial charge in [-0.3, -0.25) is 4.79 Å². The quantitative estimate of drug-likeness (QED) is 0.744. The lowest BCUT2D eigenvalue weighted by Gasteiger charge is -2.22. The van der Waals surface area contributed by atoms with Gasteiger partial charge in [-0.05, 0) is 24.0 Å². The Morgan fingerprint density at radius 2 is 2.11 bits per heavy atom. The highest BCUT2D eigenvalue weighted by molar-refractivity contribution is 6.33. The van der Waals surface area contributed by atoms with Gasteiger partial charge in [0, 0.05) is 6.54 Å². The van der Waals surface area contributed by atoms with Crippen LogP contribution in [-0.2, 0) is 0 Å². The summed E-state index contributed by atoms with van der Waals surface area (Å²) in [5.74, 6) is -0.326. The van der Waals surface area contributed by atoms with Gasteiger partial charge < -0.3 is 16.2 Å². The van der Waals surface area contributed by atoms with Crippen molar-refractivity contribution < 1.29 is 9.90 Å². The van der Waals surface area contributed by atoms with Gasteiger partial charge in [0.25, 0.3) is 5.91 Å². The molecule has 0 aliphatic carbocycles. The molecule has 1 aromatic carbocycles. The number of nitrogen functional groups attached to an aromatic ring is 1. The topological polar surface area (TPSA) is 75.3 Å². The van der Waals surface area contributed by atoms with E-state index < -0.39 is 6.10 Å². The molecule has 1 unspecified atom stereocenters. The molecular formula is C14H21ClN2O2. The van der Waals surface area contributed by atoms with E-state index in [0.29, 0.717) is 17.0 Å². The molecule has 4 N–H and O–H groups in total. The third kappa shape index (κ3) is 5.09. The fourth-order valence-electron chi connectivity index (χ4n) is 1.82. The zero-order valence-corrected chi connectivity index (χ0v) is 12.3. The van der Waals surface area contributed by atoms with Crippen LogP contribution in [0.3, 0.4) is 0 Å². The Labute approximate surface area is 118 Å². The highest BCUT2D eigenvalue weighted by atomic mass is 35.5. The normalized spacial score (nSPS) is 13.1. The minimum atomic E-state index is -0.579. The van der Waals surface area contributed by atoms with Crippen molar-refractivity contribution in [3.05, 3.63) is 28.8 Å². The van der Waals surface area contributed by atoms with E-state index in [4.69, 9.17) is 17.3 Å². The molecule has 5 heteroatoms. The highest BCUT2D eigenvalue weighted by Crippen LogP contribution is 2.23. The number of hydrogen-bond donors (Lipinski definition) is 3. The first-order valence-corrected chi connectivity index (χ1v) is 6.59. The monoisotopic (exact) mass is 284 g/mol. The number of hydrogen-bond acceptors (Lipinski definition) is 3. The zero-order chi connectivity index (χ0) is 14.6. The van der Waals surface area contributed by atoms with E-state index in [-0.39, 0.29) is 23.6 Å². The molecule has 0 aliphatic heterocycles. The van der Waals surface area contributed by atoms with Gasteiger partial charge in [0.2, 0.25) is 0 Å². The average Bonchev–Trinajstić information content (AvgIpc) is 2.27. The molecule has 0 spiro atoms. The van der Waals surface area contributed by atoms with Gasteiger partial charge in [-0.15, -0.1) is 0 Å². The van der Waals surface area contributed by atoms with Gasteiger partial charge in [-0.1, -0.05) is 38.4 Å². The van der Waals surface area contributed by atoms with Gasteiger partial charge in [0.1, 0.15) is 0 Å². The van der Waals surface area contributed by atoms with Crippen LogP contribution in [0.5, 0.6) is 0 Å². The number of para-hydroxylation sites is 1. The van der Waals surface area contributed by atoms with E-state index >= 15 is 0 Å². The molecule has 0 saturated heterocycles. The first-order valence-electron chi connectivity index (χ1n) is 6.21. The summed E-state index contributed by atoms with van der Waals surface area (Å²) in [6, 6.07) is 4.90. The number of carbonyl (C=O) groups excluding carboxylic acids is 1. The molecule has 0 saturated carbocycles. The standard InChI is InChI=1S/C14H21ClN2O2/c1-14(2,3)7-9(18)8-17-13(19)10-5-4-6-11(15)12(10)16/h4-6,9,18H,7-8,16H2,1-3H3,(H,17,19). The number of aliphatic hydroxyl groups is 1. The smallest absolute Gasteiger partial charge is 0.253 e. The minimum Gasteiger partial charge on any atom is -0.397 e. The van der Waals surface area contributed by atoms with Gasteiger partial charge in [0.15, 0.2) is 0 Å². The van der Waals surface area contributed by atoms with Crippen molar-refractivity contribution in [2.24, 2.45) is 5.41 Å². The number of benzene rings is 1. The Kier molecular flexibility index (Phi) is 5.20. The van der Waals surface area contributed by atoms with Crippen LogP contribution in [0.25, 0.3) is 0 Å². The number of halogens is 1. The molecule has 1 amide bonds. The summed E-state index contributed by atoms with van der Waals surface area (Å²) in [6.07, 6.45) is 0.0301. The lowest BCUT2D eigenvalue weighted by molar-refractivity contribution is 0.0869. The summed E-state index contributed by atoms with van der Waals surface area (Å²) < 4.78 is 0. The maximum absolute atomic E-state index is 11.9. The number of aliphatic hydroxyl groups excluding tert-OH is 1. The number of rotatable bonds is 4. The predicted octanol–water partition coefficient (Wildman–Crippen LogP) is 2.45. The van der Waals surface area contributed by atoms with Crippen molar-refractivity contribution in [2.75, 3.05) is 12.3 Å². The Morgan fingerprint density at radius 3 is 2.68 bits per heavy atom. The van der Waals surface area contributed by atoms with Crippen LogP contribution in [0.4, 0.5) is 5.69 Å². The summed E-state index contributed by atoms with van der Waals surface area (Å²) in [5.41, 5.74) is 6.34. The van der Waals surface area contributed by atoms with Gasteiger partial charge in [0.05, 0.1) is 22.4 Å². The van der Waals surface area contributed by atoms with E-state index in [1.807, 2.05) is 20.8 Å². The molecule has 1 rings (SSSR count). The Balaban J connectivity index is 2.59. The van der Waals surface area contributed by atoms with E-state index in [9.17, 15) is 9.90 Å². The summed E-state index contributed by atoms with van der Waals surface area (Å²) in [4.78, 5) is 11.9. The maximum atomic E-state index is 11.9. The van der Waals surface area contributed by atoms with Gasteiger partial charge >= 0.3 is 0 Å². The summed E-state index contributed by atoms with van der Waals surface area (Å²) >= 11 is 5.85. The van der Waals surface area contributed by atoms with Crippen molar-refractivity contribution in [1.29, 1.82) is 0 Å². The lowest BCUT2D eigenvalue weighted by Crippen LogP contribution is -2.34. The second-order valence-electron chi connectivity index (χ2n) is 5.83. The lowest BCUT2D eigenvalue weighted by atomic mass is 9.89. The minimum absolute atomic E-state index is 0.0131. The van der Waals surface area contributed by atoms with Gasteiger partial charge in [-0.2, -0.15) is 0 Å². The Bertz CT molecular complexity index is 455. The van der Waals surface area contributed by atoms with Crippen LogP contribution in [0, 0.1) is 5.41 Å². The molecular weight excluding hydrogens is 264 g/mol. The fourth-order valence-corrected chi connectivity index (χ4v) is 1.99. The number of nitrogens with one attached hydrogen (secondary N) is 1. The van der Waals surface area contributed by atoms with E-state index in [1.54, 1.807) is 18.2 Å². The average molecular weight is 285 g/mol. The molecule has 1 atom stereocenters. The van der Waals surface area contributed by atoms with Crippen molar-refractivity contribution >= 4 is 23.2 Å². The Hall–Kier alpha value is -1.26. The van der Waals surface area contributed by atoms with Crippen LogP contribution in [0.1, 0.15) is 37.6 Å². The van der Waals surface area contributed by atoms with Crippen molar-refractivity contribution in [3.63, 3.8) is 0 Å². The molecule has 0 bridgehead atoms. The number of carbonyl (C=O) groups is 1. The third-order valence-electron chi connectivity index (χ3n) is 2.64. The molecule has 4 nitrogen and oxygen atoms in total. The van der Waals surface area contributed by atoms with Crippen LogP contribution in [-0.4, -0.2) is 23.7 Å². The summed E-state index contributed by atoms with van der Waals surface area (Å²) in [5, 5.41) is 12.8. The molecule has 19 heavy (non-hydrogen) atoms. The van der Waals surface area contributed by atoms with Crippen LogP contribution < -0.4 is 11.1 Å². The number of nitrogens with two attached hydrogens (primary N) is 1. The molecule has 0 fully saturated rings. The fraction of sp³-hybridized carbons (Fsp3) is 0.500. The van der Waals surface area contributed by atoms with Crippen LogP contribution >= 0.6 is 11.6 Å². The van der Waals surface area contributed by atoms with Crippen molar-refractivity contribution in [1.82, 2.24) is 5.32 Å². The molecule has 0 aliphatic rings. The first kappa shape index (κ1) is 15.8. The van der Waals surface area contributed by atoms with E-state index in [1.165, 1.54) is 0 Å². The van der Waals surface area contributed by atoms with Crippen molar-refractivity contribution in [2.45, 2.75) is 33.3 Å². The molecule has 1 aromatic rings. The third-order valence-corrected chi connectivity index (χ3v) is 2.97. The molecule has 0 aromatic heterocycles. The van der Waals surface area contributed by atoms with Crippen LogP contribution in [0.2, 0.25) is 5.02 Å². The predicted molar refractivity (Wildman–Crippen MR) is 78.3 cm³/mol. The molecule has 0 heterocycles. The SMILES string of the molecule is CC(C)(C)CC(O)CNC(=O)c1cccc(Cl)c1N. The summed E-state index contributed by atoms with van der Waals surface area (Å²) in [7, 11) is 0. The maximum Gasteiger partial charge on any atom is 0.253 e. The summed E-state index contributed by atoms with van der Waals surface area (Å²) in [6.45, 7) is 6.30. The molecule has 106 valence electrons. The first-order chi connectivity index (χ1) is 8.70. The van der Waals surface area contributed by atoms with Crippen LogP contribution in [0.15, 0.2) is 18.2 Å². The zero-order valence-electron chi connectivity index (χ0n) is 11.5. The second-order valence-corrected chi connectivity index (χ2v) is 6.24. The van der Waals surface area contributed by atoms with Gasteiger partial charge in [-0.25, -0.2) is 0 Å². The van der Waals surface area contributed by atoms with Crippen molar-refractivity contribution in [3.8, 4) is 0 Å². The largest absolute Gasteiger partial charge is 0.397 e. The molecule has 0 radical (unpaired) electrons. The van der Waals surface area contributed by atoms with E-state index in [2.05, 4.69) is 5.32 Å². The number of anilines is 1. The highest BCUT2D eigenvalue weighted by Gasteiger charge is 2.18.